The molecule has 1 aliphatic carbocycles. The molecule has 23 heavy (non-hydrogen) atoms. The number of primary amides is 1. The van der Waals surface area contributed by atoms with Crippen LogP contribution in [0.2, 0.25) is 0 Å². The number of rotatable bonds is 5. The fourth-order valence-corrected chi connectivity index (χ4v) is 3.63. The molecule has 2 amide bonds. The van der Waals surface area contributed by atoms with E-state index in [4.69, 9.17) is 10.5 Å². The lowest BCUT2D eigenvalue weighted by Crippen LogP contribution is -2.55. The maximum absolute atomic E-state index is 12.9. The molecule has 124 valence electrons. The summed E-state index contributed by atoms with van der Waals surface area (Å²) in [6.07, 6.45) is 3.91. The lowest BCUT2D eigenvalue weighted by molar-refractivity contribution is -0.136. The van der Waals surface area contributed by atoms with Crippen molar-refractivity contribution in [1.82, 2.24) is 5.32 Å². The Labute approximate surface area is 136 Å². The minimum absolute atomic E-state index is 0.0158. The zero-order valence-corrected chi connectivity index (χ0v) is 13.3. The van der Waals surface area contributed by atoms with Gasteiger partial charge >= 0.3 is 0 Å². The van der Waals surface area contributed by atoms with Gasteiger partial charge in [-0.2, -0.15) is 0 Å². The first-order chi connectivity index (χ1) is 11.1. The van der Waals surface area contributed by atoms with Gasteiger partial charge in [0.05, 0.1) is 10.8 Å². The molecule has 1 heterocycles. The SMILES string of the molecule is NC(=O)C1(CNC(=O)C2(c3ccccc3)CCC2)CCOCC1. The molecule has 2 fully saturated rings. The summed E-state index contributed by atoms with van der Waals surface area (Å²) in [6, 6.07) is 9.91. The molecular weight excluding hydrogens is 292 g/mol. The maximum atomic E-state index is 12.9. The predicted octanol–water partition coefficient (Wildman–Crippen LogP) is 1.51. The van der Waals surface area contributed by atoms with Crippen molar-refractivity contribution in [2.24, 2.45) is 11.1 Å². The molecule has 1 aromatic rings. The number of nitrogens with one attached hydrogen (secondary N) is 1. The van der Waals surface area contributed by atoms with Crippen LogP contribution >= 0.6 is 0 Å². The van der Waals surface area contributed by atoms with Crippen molar-refractivity contribution in [3.8, 4) is 0 Å². The molecule has 0 radical (unpaired) electrons. The van der Waals surface area contributed by atoms with Crippen molar-refractivity contribution in [2.75, 3.05) is 19.8 Å². The normalized spacial score (nSPS) is 21.9. The highest BCUT2D eigenvalue weighted by Crippen LogP contribution is 2.44. The topological polar surface area (TPSA) is 81.4 Å². The Morgan fingerprint density at radius 3 is 2.26 bits per heavy atom. The lowest BCUT2D eigenvalue weighted by atomic mass is 9.63. The van der Waals surface area contributed by atoms with Crippen LogP contribution < -0.4 is 11.1 Å². The van der Waals surface area contributed by atoms with Crippen LogP contribution in [0.25, 0.3) is 0 Å². The zero-order valence-electron chi connectivity index (χ0n) is 13.3. The summed E-state index contributed by atoms with van der Waals surface area (Å²) >= 11 is 0. The highest BCUT2D eigenvalue weighted by molar-refractivity contribution is 5.90. The molecule has 0 atom stereocenters. The third-order valence-electron chi connectivity index (χ3n) is 5.53. The molecule has 0 bridgehead atoms. The molecule has 5 heteroatoms. The molecule has 1 aromatic carbocycles. The lowest BCUT2D eigenvalue weighted by Gasteiger charge is -2.42. The second-order valence-electron chi connectivity index (χ2n) is 6.74. The highest BCUT2D eigenvalue weighted by Gasteiger charge is 2.47. The van der Waals surface area contributed by atoms with E-state index in [2.05, 4.69) is 5.32 Å². The van der Waals surface area contributed by atoms with Gasteiger partial charge in [-0.25, -0.2) is 0 Å². The van der Waals surface area contributed by atoms with Crippen molar-refractivity contribution >= 4 is 11.8 Å². The van der Waals surface area contributed by atoms with Crippen molar-refractivity contribution in [3.05, 3.63) is 35.9 Å². The Bertz CT molecular complexity index is 575. The maximum Gasteiger partial charge on any atom is 0.230 e. The van der Waals surface area contributed by atoms with Gasteiger partial charge < -0.3 is 15.8 Å². The number of hydrogen-bond acceptors (Lipinski definition) is 3. The van der Waals surface area contributed by atoms with Crippen LogP contribution in [0.3, 0.4) is 0 Å². The molecular formula is C18H24N2O3. The minimum atomic E-state index is -0.671. The summed E-state index contributed by atoms with van der Waals surface area (Å²) in [5.74, 6) is -0.328. The first-order valence-electron chi connectivity index (χ1n) is 8.31. The van der Waals surface area contributed by atoms with Gasteiger partial charge in [-0.15, -0.1) is 0 Å². The van der Waals surface area contributed by atoms with Gasteiger partial charge in [-0.1, -0.05) is 36.8 Å². The third kappa shape index (κ3) is 2.85. The van der Waals surface area contributed by atoms with E-state index in [9.17, 15) is 9.59 Å². The Hall–Kier alpha value is -1.88. The fraction of sp³-hybridized carbons (Fsp3) is 0.556. The second-order valence-corrected chi connectivity index (χ2v) is 6.74. The van der Waals surface area contributed by atoms with E-state index in [1.807, 2.05) is 30.3 Å². The van der Waals surface area contributed by atoms with E-state index in [-0.39, 0.29) is 11.8 Å². The molecule has 1 aliphatic heterocycles. The van der Waals surface area contributed by atoms with Gasteiger partial charge in [0.1, 0.15) is 0 Å². The molecule has 0 aromatic heterocycles. The monoisotopic (exact) mass is 316 g/mol. The van der Waals surface area contributed by atoms with E-state index in [1.165, 1.54) is 0 Å². The highest BCUT2D eigenvalue weighted by atomic mass is 16.5. The molecule has 3 N–H and O–H groups in total. The Kier molecular flexibility index (Phi) is 4.39. The van der Waals surface area contributed by atoms with Crippen LogP contribution in [0.1, 0.15) is 37.7 Å². The Balaban J connectivity index is 1.72. The smallest absolute Gasteiger partial charge is 0.230 e. The number of amides is 2. The van der Waals surface area contributed by atoms with Crippen LogP contribution in [-0.4, -0.2) is 31.6 Å². The van der Waals surface area contributed by atoms with Crippen molar-refractivity contribution in [3.63, 3.8) is 0 Å². The fourth-order valence-electron chi connectivity index (χ4n) is 3.63. The van der Waals surface area contributed by atoms with E-state index >= 15 is 0 Å². The summed E-state index contributed by atoms with van der Waals surface area (Å²) in [6.45, 7) is 1.34. The number of ether oxygens (including phenoxy) is 1. The largest absolute Gasteiger partial charge is 0.381 e. The van der Waals surface area contributed by atoms with E-state index in [1.54, 1.807) is 0 Å². The van der Waals surface area contributed by atoms with E-state index < -0.39 is 10.8 Å². The molecule has 3 rings (SSSR count). The molecule has 2 aliphatic rings. The molecule has 1 saturated carbocycles. The van der Waals surface area contributed by atoms with Crippen molar-refractivity contribution in [1.29, 1.82) is 0 Å². The molecule has 0 spiro atoms. The Morgan fingerprint density at radius 1 is 1.09 bits per heavy atom. The number of carbonyl (C=O) groups is 2. The summed E-state index contributed by atoms with van der Waals surface area (Å²) in [5.41, 5.74) is 5.56. The number of benzene rings is 1. The van der Waals surface area contributed by atoms with E-state index in [0.29, 0.717) is 32.6 Å². The molecule has 0 unspecified atom stereocenters. The van der Waals surface area contributed by atoms with Crippen LogP contribution in [0.4, 0.5) is 0 Å². The number of hydrogen-bond donors (Lipinski definition) is 2. The van der Waals surface area contributed by atoms with Gasteiger partial charge in [-0.05, 0) is 31.2 Å². The van der Waals surface area contributed by atoms with Gasteiger partial charge in [0.15, 0.2) is 0 Å². The van der Waals surface area contributed by atoms with Crippen LogP contribution in [-0.2, 0) is 19.7 Å². The van der Waals surface area contributed by atoms with E-state index in [0.717, 1.165) is 24.8 Å². The van der Waals surface area contributed by atoms with Gasteiger partial charge in [0.25, 0.3) is 0 Å². The summed E-state index contributed by atoms with van der Waals surface area (Å²) < 4.78 is 5.33. The second kappa shape index (κ2) is 6.32. The van der Waals surface area contributed by atoms with Crippen LogP contribution in [0.5, 0.6) is 0 Å². The zero-order chi connectivity index (χ0) is 16.3. The van der Waals surface area contributed by atoms with Gasteiger partial charge in [0.2, 0.25) is 11.8 Å². The Morgan fingerprint density at radius 2 is 1.74 bits per heavy atom. The van der Waals surface area contributed by atoms with Gasteiger partial charge in [0, 0.05) is 19.8 Å². The predicted molar refractivity (Wildman–Crippen MR) is 86.7 cm³/mol. The quantitative estimate of drug-likeness (QED) is 0.864. The number of carbonyl (C=O) groups excluding carboxylic acids is 2. The van der Waals surface area contributed by atoms with Crippen molar-refractivity contribution in [2.45, 2.75) is 37.5 Å². The minimum Gasteiger partial charge on any atom is -0.381 e. The van der Waals surface area contributed by atoms with Gasteiger partial charge in [-0.3, -0.25) is 9.59 Å². The summed E-state index contributed by atoms with van der Waals surface area (Å²) in [7, 11) is 0. The standard InChI is InChI=1S/C18H24N2O3/c19-15(21)17(9-11-23-12-10-17)13-20-16(22)18(7-4-8-18)14-5-2-1-3-6-14/h1-3,5-6H,4,7-13H2,(H2,19,21)(H,20,22). The van der Waals surface area contributed by atoms with Crippen LogP contribution in [0.15, 0.2) is 30.3 Å². The number of nitrogens with two attached hydrogens (primary N) is 1. The van der Waals surface area contributed by atoms with Crippen molar-refractivity contribution < 1.29 is 14.3 Å². The summed E-state index contributed by atoms with van der Waals surface area (Å²) in [5, 5.41) is 3.02. The molecule has 1 saturated heterocycles. The molecule has 5 nitrogen and oxygen atoms in total. The summed E-state index contributed by atoms with van der Waals surface area (Å²) in [4.78, 5) is 24.8. The first-order valence-corrected chi connectivity index (χ1v) is 8.31. The third-order valence-corrected chi connectivity index (χ3v) is 5.53. The average molecular weight is 316 g/mol. The van der Waals surface area contributed by atoms with Crippen LogP contribution in [0, 0.1) is 5.41 Å². The average Bonchev–Trinajstić information content (AvgIpc) is 2.54. The first kappa shape index (κ1) is 16.0.